The van der Waals surface area contributed by atoms with Gasteiger partial charge in [0.2, 0.25) is 5.91 Å². The van der Waals surface area contributed by atoms with Crippen LogP contribution in [0.1, 0.15) is 29.4 Å². The first-order valence-electron chi connectivity index (χ1n) is 10.1. The maximum Gasteiger partial charge on any atom is 0.254 e. The molecular weight excluding hydrogens is 404 g/mol. The molecule has 2 heterocycles. The lowest BCUT2D eigenvalue weighted by atomic mass is 10.1. The van der Waals surface area contributed by atoms with Crippen LogP contribution in [0.2, 0.25) is 0 Å². The minimum atomic E-state index is -0.0468. The first kappa shape index (κ1) is 22.0. The van der Waals surface area contributed by atoms with Gasteiger partial charge in [-0.3, -0.25) is 14.5 Å². The number of piperazine rings is 1. The van der Waals surface area contributed by atoms with Gasteiger partial charge in [-0.2, -0.15) is 0 Å². The maximum atomic E-state index is 12.9. The molecule has 1 aliphatic heterocycles. The van der Waals surface area contributed by atoms with Gasteiger partial charge in [0, 0.05) is 43.7 Å². The smallest absolute Gasteiger partial charge is 0.254 e. The molecule has 162 valence electrons. The second-order valence-electron chi connectivity index (χ2n) is 7.05. The molecule has 0 bridgehead atoms. The average Bonchev–Trinajstić information content (AvgIpc) is 3.30. The number of carbonyl (C=O) groups excluding carboxylic acids is 2. The Labute approximate surface area is 180 Å². The van der Waals surface area contributed by atoms with E-state index in [-0.39, 0.29) is 11.8 Å². The lowest BCUT2D eigenvalue weighted by molar-refractivity contribution is -0.122. The molecule has 1 N–H and O–H groups in total. The van der Waals surface area contributed by atoms with Crippen LogP contribution >= 0.6 is 11.3 Å². The molecule has 9 heteroatoms. The summed E-state index contributed by atoms with van der Waals surface area (Å²) in [4.78, 5) is 32.9. The Hall–Kier alpha value is -2.65. The van der Waals surface area contributed by atoms with Crippen LogP contribution in [-0.4, -0.2) is 73.0 Å². The Kier molecular flexibility index (Phi) is 8.04. The van der Waals surface area contributed by atoms with E-state index >= 15 is 0 Å². The fourth-order valence-corrected chi connectivity index (χ4v) is 3.74. The first-order valence-corrected chi connectivity index (χ1v) is 11.0. The van der Waals surface area contributed by atoms with Crippen molar-refractivity contribution in [3.05, 3.63) is 40.3 Å². The molecular formula is C21H28N4O4S. The molecule has 1 aliphatic rings. The minimum absolute atomic E-state index is 0.0367. The normalized spacial score (nSPS) is 14.4. The van der Waals surface area contributed by atoms with Crippen LogP contribution in [0.15, 0.2) is 29.1 Å². The Morgan fingerprint density at radius 3 is 2.67 bits per heavy atom. The number of nitrogens with one attached hydrogen (secondary N) is 1. The van der Waals surface area contributed by atoms with Crippen molar-refractivity contribution < 1.29 is 19.1 Å². The molecule has 2 aromatic rings. The van der Waals surface area contributed by atoms with Crippen LogP contribution < -0.4 is 14.8 Å². The van der Waals surface area contributed by atoms with Crippen LogP contribution in [0, 0.1) is 0 Å². The van der Waals surface area contributed by atoms with Gasteiger partial charge in [-0.1, -0.05) is 6.92 Å². The van der Waals surface area contributed by atoms with Crippen molar-refractivity contribution in [3.63, 3.8) is 0 Å². The highest BCUT2D eigenvalue weighted by molar-refractivity contribution is 7.07. The molecule has 0 aliphatic carbocycles. The molecule has 1 aromatic heterocycles. The third-order valence-electron chi connectivity index (χ3n) is 4.87. The number of aromatic nitrogens is 1. The summed E-state index contributed by atoms with van der Waals surface area (Å²) >= 11 is 1.52. The van der Waals surface area contributed by atoms with E-state index in [4.69, 9.17) is 9.47 Å². The topological polar surface area (TPSA) is 84.0 Å². The average molecular weight is 433 g/mol. The van der Waals surface area contributed by atoms with E-state index in [2.05, 4.69) is 15.2 Å². The van der Waals surface area contributed by atoms with Gasteiger partial charge in [0.15, 0.2) is 11.5 Å². The summed E-state index contributed by atoms with van der Waals surface area (Å²) in [6.07, 6.45) is 0.923. The molecule has 0 spiro atoms. The Morgan fingerprint density at radius 2 is 2.00 bits per heavy atom. The van der Waals surface area contributed by atoms with Gasteiger partial charge in [-0.25, -0.2) is 4.98 Å². The van der Waals surface area contributed by atoms with Crippen LogP contribution in [-0.2, 0) is 11.4 Å². The molecule has 1 aromatic carbocycles. The van der Waals surface area contributed by atoms with Crippen molar-refractivity contribution in [3.8, 4) is 11.5 Å². The summed E-state index contributed by atoms with van der Waals surface area (Å²) in [6, 6.07) is 5.22. The molecule has 0 atom stereocenters. The number of hydrogen-bond donors (Lipinski definition) is 1. The molecule has 30 heavy (non-hydrogen) atoms. The number of benzene rings is 1. The quantitative estimate of drug-likeness (QED) is 0.653. The minimum Gasteiger partial charge on any atom is -0.493 e. The number of ether oxygens (including phenoxy) is 2. The highest BCUT2D eigenvalue weighted by Crippen LogP contribution is 2.29. The Balaban J connectivity index is 1.54. The van der Waals surface area contributed by atoms with Crippen molar-refractivity contribution in [1.29, 1.82) is 0 Å². The zero-order valence-electron chi connectivity index (χ0n) is 17.4. The monoisotopic (exact) mass is 432 g/mol. The number of thiazole rings is 1. The third kappa shape index (κ3) is 5.93. The summed E-state index contributed by atoms with van der Waals surface area (Å²) < 4.78 is 11.2. The van der Waals surface area contributed by atoms with Crippen LogP contribution in [0.5, 0.6) is 11.5 Å². The molecule has 0 saturated carbocycles. The van der Waals surface area contributed by atoms with Crippen molar-refractivity contribution in [1.82, 2.24) is 20.1 Å². The number of hydrogen-bond acceptors (Lipinski definition) is 7. The van der Waals surface area contributed by atoms with Crippen LogP contribution in [0.25, 0.3) is 0 Å². The summed E-state index contributed by atoms with van der Waals surface area (Å²) in [6.45, 7) is 5.98. The predicted molar refractivity (Wildman–Crippen MR) is 115 cm³/mol. The first-order chi connectivity index (χ1) is 14.6. The van der Waals surface area contributed by atoms with Crippen molar-refractivity contribution in [2.24, 2.45) is 0 Å². The fraction of sp³-hybridized carbons (Fsp3) is 0.476. The molecule has 3 rings (SSSR count). The lowest BCUT2D eigenvalue weighted by Crippen LogP contribution is -2.51. The van der Waals surface area contributed by atoms with Gasteiger partial charge in [-0.05, 0) is 24.6 Å². The van der Waals surface area contributed by atoms with Gasteiger partial charge in [0.1, 0.15) is 6.61 Å². The number of amides is 2. The van der Waals surface area contributed by atoms with E-state index in [1.165, 1.54) is 11.3 Å². The largest absolute Gasteiger partial charge is 0.493 e. The molecule has 0 radical (unpaired) electrons. The van der Waals surface area contributed by atoms with Crippen molar-refractivity contribution in [2.75, 3.05) is 46.4 Å². The van der Waals surface area contributed by atoms with Crippen LogP contribution in [0.4, 0.5) is 0 Å². The Morgan fingerprint density at radius 1 is 1.20 bits per heavy atom. The van der Waals surface area contributed by atoms with Gasteiger partial charge in [0.05, 0.1) is 24.9 Å². The van der Waals surface area contributed by atoms with E-state index in [0.717, 1.165) is 12.1 Å². The van der Waals surface area contributed by atoms with Gasteiger partial charge in [0.25, 0.3) is 5.91 Å². The second kappa shape index (κ2) is 10.9. The van der Waals surface area contributed by atoms with E-state index in [0.29, 0.717) is 62.9 Å². The highest BCUT2D eigenvalue weighted by Gasteiger charge is 2.24. The summed E-state index contributed by atoms with van der Waals surface area (Å²) in [5.41, 5.74) is 3.17. The van der Waals surface area contributed by atoms with E-state index < -0.39 is 0 Å². The number of methoxy groups -OCH3 is 1. The predicted octanol–water partition coefficient (Wildman–Crippen LogP) is 2.01. The molecule has 8 nitrogen and oxygen atoms in total. The zero-order valence-corrected chi connectivity index (χ0v) is 18.2. The standard InChI is InChI=1S/C21H28N4O4S/c1-3-6-22-20(26)12-24-7-9-25(10-8-24)21(27)16-4-5-18(19(11-16)28-2)29-13-17-14-30-15-23-17/h4-5,11,14-15H,3,6-10,12-13H2,1-2H3,(H,22,26). The SMILES string of the molecule is CCCNC(=O)CN1CCN(C(=O)c2ccc(OCc3cscn3)c(OC)c2)CC1. The summed E-state index contributed by atoms with van der Waals surface area (Å²) in [5.74, 6) is 1.08. The second-order valence-corrected chi connectivity index (χ2v) is 7.77. The third-order valence-corrected chi connectivity index (χ3v) is 5.50. The number of carbonyl (C=O) groups is 2. The lowest BCUT2D eigenvalue weighted by Gasteiger charge is -2.34. The zero-order chi connectivity index (χ0) is 21.3. The highest BCUT2D eigenvalue weighted by atomic mass is 32.1. The van der Waals surface area contributed by atoms with E-state index in [9.17, 15) is 9.59 Å². The van der Waals surface area contributed by atoms with Crippen molar-refractivity contribution in [2.45, 2.75) is 20.0 Å². The maximum absolute atomic E-state index is 12.9. The number of rotatable bonds is 9. The molecule has 1 saturated heterocycles. The number of nitrogens with zero attached hydrogens (tertiary/aromatic N) is 3. The molecule has 2 amide bonds. The summed E-state index contributed by atoms with van der Waals surface area (Å²) in [5, 5.41) is 4.81. The fourth-order valence-electron chi connectivity index (χ4n) is 3.20. The van der Waals surface area contributed by atoms with Gasteiger partial charge < -0.3 is 19.7 Å². The molecule has 0 unspecified atom stereocenters. The summed E-state index contributed by atoms with van der Waals surface area (Å²) in [7, 11) is 1.56. The van der Waals surface area contributed by atoms with Crippen molar-refractivity contribution >= 4 is 23.2 Å². The van der Waals surface area contributed by atoms with Gasteiger partial charge >= 0.3 is 0 Å². The molecule has 1 fully saturated rings. The van der Waals surface area contributed by atoms with E-state index in [1.54, 1.807) is 30.8 Å². The van der Waals surface area contributed by atoms with Crippen LogP contribution in [0.3, 0.4) is 0 Å². The van der Waals surface area contributed by atoms with E-state index in [1.807, 2.05) is 17.2 Å². The Bertz CT molecular complexity index is 836. The van der Waals surface area contributed by atoms with Gasteiger partial charge in [-0.15, -0.1) is 11.3 Å².